The molecule has 1 fully saturated rings. The van der Waals surface area contributed by atoms with E-state index < -0.39 is 0 Å². The standard InChI is InChI=1S/C35H35FN6O3/c1-22-9-10-27(32(43)17-25-15-28(36)19-29(16-25)41-11-13-45-14-12-41)18-31(22)40-34-33-23(2)30(20-42(33)38-21-37-34)35(44)39-24(3)26-7-5-4-6-8-26/h4-10,15-16,18-21,24H,11-14,17H2,1-3H3,(H,39,44)(H,37,38,40)/t24-/m0/s1. The highest BCUT2D eigenvalue weighted by Gasteiger charge is 2.21. The predicted octanol–water partition coefficient (Wildman–Crippen LogP) is 5.98. The summed E-state index contributed by atoms with van der Waals surface area (Å²) in [7, 11) is 0. The van der Waals surface area contributed by atoms with Gasteiger partial charge in [-0.2, -0.15) is 5.10 Å². The van der Waals surface area contributed by atoms with E-state index in [2.05, 4.69) is 25.6 Å². The lowest BCUT2D eigenvalue weighted by Gasteiger charge is -2.29. The van der Waals surface area contributed by atoms with E-state index in [1.165, 1.54) is 18.5 Å². The van der Waals surface area contributed by atoms with E-state index in [9.17, 15) is 14.0 Å². The normalized spacial score (nSPS) is 13.9. The Morgan fingerprint density at radius 2 is 1.80 bits per heavy atom. The molecule has 3 aromatic carbocycles. The molecule has 3 heterocycles. The average Bonchev–Trinajstić information content (AvgIpc) is 3.39. The zero-order valence-corrected chi connectivity index (χ0v) is 25.5. The number of nitrogens with one attached hydrogen (secondary N) is 2. The van der Waals surface area contributed by atoms with Gasteiger partial charge < -0.3 is 20.3 Å². The van der Waals surface area contributed by atoms with Gasteiger partial charge >= 0.3 is 0 Å². The first-order chi connectivity index (χ1) is 21.8. The zero-order chi connectivity index (χ0) is 31.5. The highest BCUT2D eigenvalue weighted by molar-refractivity contribution is 6.00. The third kappa shape index (κ3) is 6.56. The molecule has 5 aromatic rings. The van der Waals surface area contributed by atoms with Gasteiger partial charge in [0.05, 0.1) is 24.8 Å². The Morgan fingerprint density at radius 1 is 1.02 bits per heavy atom. The fourth-order valence-corrected chi connectivity index (χ4v) is 5.67. The molecular weight excluding hydrogens is 571 g/mol. The topological polar surface area (TPSA) is 101 Å². The quantitative estimate of drug-likeness (QED) is 0.199. The number of amides is 1. The number of anilines is 3. The van der Waals surface area contributed by atoms with Crippen molar-refractivity contribution in [3.05, 3.63) is 118 Å². The summed E-state index contributed by atoms with van der Waals surface area (Å²) in [5.74, 6) is -0.204. The fourth-order valence-electron chi connectivity index (χ4n) is 5.67. The van der Waals surface area contributed by atoms with Crippen LogP contribution in [0.5, 0.6) is 0 Å². The van der Waals surface area contributed by atoms with E-state index in [1.807, 2.05) is 63.2 Å². The third-order valence-corrected chi connectivity index (χ3v) is 8.21. The molecule has 45 heavy (non-hydrogen) atoms. The first-order valence-corrected chi connectivity index (χ1v) is 15.0. The molecule has 10 heteroatoms. The van der Waals surface area contributed by atoms with Crippen LogP contribution in [0.25, 0.3) is 5.52 Å². The molecule has 1 atom stereocenters. The summed E-state index contributed by atoms with van der Waals surface area (Å²) in [5.41, 5.74) is 6.34. The summed E-state index contributed by atoms with van der Waals surface area (Å²) in [4.78, 5) is 33.2. The van der Waals surface area contributed by atoms with E-state index in [0.29, 0.717) is 60.0 Å². The number of hydrogen-bond acceptors (Lipinski definition) is 7. The van der Waals surface area contributed by atoms with Crippen LogP contribution in [-0.2, 0) is 11.2 Å². The Kier molecular flexibility index (Phi) is 8.57. The molecular formula is C35H35FN6O3. The molecule has 1 aliphatic heterocycles. The Hall–Kier alpha value is -5.09. The molecule has 0 unspecified atom stereocenters. The number of ether oxygens (including phenoxy) is 1. The summed E-state index contributed by atoms with van der Waals surface area (Å²) < 4.78 is 21.6. The van der Waals surface area contributed by atoms with E-state index in [4.69, 9.17) is 4.74 Å². The minimum atomic E-state index is -0.369. The minimum absolute atomic E-state index is 0.0625. The third-order valence-electron chi connectivity index (χ3n) is 8.21. The molecule has 9 nitrogen and oxygen atoms in total. The second-order valence-electron chi connectivity index (χ2n) is 11.3. The number of Topliss-reactive ketones (excluding diaryl/α,β-unsaturated/α-hetero) is 1. The first kappa shape index (κ1) is 30.0. The van der Waals surface area contributed by atoms with Gasteiger partial charge in [-0.05, 0) is 67.3 Å². The second-order valence-corrected chi connectivity index (χ2v) is 11.3. The molecule has 0 spiro atoms. The van der Waals surface area contributed by atoms with Crippen LogP contribution in [0.4, 0.5) is 21.6 Å². The summed E-state index contributed by atoms with van der Waals surface area (Å²) in [5, 5.41) is 10.8. The Labute approximate surface area is 261 Å². The molecule has 0 aliphatic carbocycles. The average molecular weight is 607 g/mol. The number of aromatic nitrogens is 3. The smallest absolute Gasteiger partial charge is 0.253 e. The van der Waals surface area contributed by atoms with Crippen molar-refractivity contribution >= 4 is 34.4 Å². The lowest BCUT2D eigenvalue weighted by molar-refractivity contribution is 0.0938. The number of morpholine rings is 1. The SMILES string of the molecule is Cc1ccc(C(=O)Cc2cc(F)cc(N3CCOCC3)c2)cc1Nc1ncnn2cc(C(=O)N[C@@H](C)c3ccccc3)c(C)c12. The summed E-state index contributed by atoms with van der Waals surface area (Å²) in [6.07, 6.45) is 3.18. The van der Waals surface area contributed by atoms with Crippen molar-refractivity contribution in [2.75, 3.05) is 36.5 Å². The van der Waals surface area contributed by atoms with Crippen LogP contribution in [0, 0.1) is 19.7 Å². The largest absolute Gasteiger partial charge is 0.378 e. The number of ketones is 1. The maximum Gasteiger partial charge on any atom is 0.253 e. The molecule has 230 valence electrons. The van der Waals surface area contributed by atoms with E-state index in [1.54, 1.807) is 22.8 Å². The van der Waals surface area contributed by atoms with E-state index in [0.717, 1.165) is 22.4 Å². The molecule has 0 radical (unpaired) electrons. The molecule has 1 amide bonds. The molecule has 6 rings (SSSR count). The van der Waals surface area contributed by atoms with Crippen LogP contribution >= 0.6 is 0 Å². The van der Waals surface area contributed by atoms with Crippen molar-refractivity contribution in [3.63, 3.8) is 0 Å². The summed E-state index contributed by atoms with van der Waals surface area (Å²) in [6, 6.07) is 19.8. The second kappa shape index (κ2) is 12.9. The maximum absolute atomic E-state index is 14.5. The zero-order valence-electron chi connectivity index (χ0n) is 25.5. The van der Waals surface area contributed by atoms with Crippen LogP contribution in [-0.4, -0.2) is 52.6 Å². The lowest BCUT2D eigenvalue weighted by Crippen LogP contribution is -2.36. The van der Waals surface area contributed by atoms with Gasteiger partial charge in [-0.1, -0.05) is 42.5 Å². The first-order valence-electron chi connectivity index (χ1n) is 15.0. The molecule has 0 bridgehead atoms. The highest BCUT2D eigenvalue weighted by Crippen LogP contribution is 2.29. The van der Waals surface area contributed by atoms with Gasteiger partial charge in [-0.15, -0.1) is 0 Å². The van der Waals surface area contributed by atoms with Crippen molar-refractivity contribution in [1.82, 2.24) is 19.9 Å². The van der Waals surface area contributed by atoms with Crippen LogP contribution in [0.15, 0.2) is 79.3 Å². The minimum Gasteiger partial charge on any atom is -0.378 e. The lowest BCUT2D eigenvalue weighted by atomic mass is 10.00. The van der Waals surface area contributed by atoms with E-state index in [-0.39, 0.29) is 30.0 Å². The number of halogens is 1. The Morgan fingerprint density at radius 3 is 2.58 bits per heavy atom. The van der Waals surface area contributed by atoms with Gasteiger partial charge in [-0.3, -0.25) is 9.59 Å². The van der Waals surface area contributed by atoms with Crippen LogP contribution < -0.4 is 15.5 Å². The Balaban J connectivity index is 1.22. The number of benzene rings is 3. The van der Waals surface area contributed by atoms with Crippen LogP contribution in [0.3, 0.4) is 0 Å². The summed E-state index contributed by atoms with van der Waals surface area (Å²) in [6.45, 7) is 8.29. The van der Waals surface area contributed by atoms with Gasteiger partial charge in [0.15, 0.2) is 11.6 Å². The van der Waals surface area contributed by atoms with Crippen molar-refractivity contribution < 1.29 is 18.7 Å². The van der Waals surface area contributed by atoms with Crippen molar-refractivity contribution in [2.24, 2.45) is 0 Å². The maximum atomic E-state index is 14.5. The summed E-state index contributed by atoms with van der Waals surface area (Å²) >= 11 is 0. The molecule has 2 N–H and O–H groups in total. The molecule has 0 saturated carbocycles. The van der Waals surface area contributed by atoms with Crippen molar-refractivity contribution in [2.45, 2.75) is 33.2 Å². The van der Waals surface area contributed by atoms with Gasteiger partial charge in [0.2, 0.25) is 0 Å². The van der Waals surface area contributed by atoms with Crippen molar-refractivity contribution in [3.8, 4) is 0 Å². The van der Waals surface area contributed by atoms with Crippen molar-refractivity contribution in [1.29, 1.82) is 0 Å². The van der Waals surface area contributed by atoms with Gasteiger partial charge in [0.25, 0.3) is 5.91 Å². The highest BCUT2D eigenvalue weighted by atomic mass is 19.1. The number of nitrogens with zero attached hydrogens (tertiary/aromatic N) is 4. The van der Waals surface area contributed by atoms with Gasteiger partial charge in [-0.25, -0.2) is 13.9 Å². The number of rotatable bonds is 9. The molecule has 2 aromatic heterocycles. The number of carbonyl (C=O) groups excluding carboxylic acids is 2. The molecule has 1 saturated heterocycles. The predicted molar refractivity (Wildman–Crippen MR) is 172 cm³/mol. The number of fused-ring (bicyclic) bond motifs is 1. The Bertz CT molecular complexity index is 1870. The number of aryl methyl sites for hydroxylation is 2. The van der Waals surface area contributed by atoms with Gasteiger partial charge in [0.1, 0.15) is 17.7 Å². The number of carbonyl (C=O) groups is 2. The fraction of sp³-hybridized carbons (Fsp3) is 0.257. The monoisotopic (exact) mass is 606 g/mol. The van der Waals surface area contributed by atoms with Gasteiger partial charge in [0, 0.05) is 42.6 Å². The van der Waals surface area contributed by atoms with Crippen LogP contribution in [0.2, 0.25) is 0 Å². The molecule has 1 aliphatic rings. The number of hydrogen-bond donors (Lipinski definition) is 2. The van der Waals surface area contributed by atoms with Crippen LogP contribution in [0.1, 0.15) is 55.9 Å². The van der Waals surface area contributed by atoms with E-state index >= 15 is 0 Å².